The molecule has 0 aliphatic heterocycles. The molecule has 0 saturated heterocycles. The van der Waals surface area contributed by atoms with Crippen molar-refractivity contribution in [3.8, 4) is 0 Å². The Hall–Kier alpha value is -4.10. The van der Waals surface area contributed by atoms with Crippen LogP contribution in [0.2, 0.25) is 0 Å². The largest absolute Gasteiger partial charge is 0.416 e. The smallest absolute Gasteiger partial charge is 0.338 e. The summed E-state index contributed by atoms with van der Waals surface area (Å²) in [5, 5.41) is 12.6. The van der Waals surface area contributed by atoms with E-state index in [1.165, 1.54) is 11.9 Å². The number of aryl methyl sites for hydroxylation is 1. The Bertz CT molecular complexity index is 1440. The fraction of sp³-hybridized carbons (Fsp3) is 0.360. The van der Waals surface area contributed by atoms with E-state index in [1.54, 1.807) is 39.8 Å². The molecule has 0 aliphatic carbocycles. The number of fused-ring (bicyclic) bond motifs is 1. The summed E-state index contributed by atoms with van der Waals surface area (Å²) < 4.78 is 82.6. The van der Waals surface area contributed by atoms with Gasteiger partial charge in [-0.1, -0.05) is 23.3 Å². The number of hydrogen-bond donors (Lipinski definition) is 0. The number of benzene rings is 2. The molecule has 2 aromatic carbocycles. The van der Waals surface area contributed by atoms with Gasteiger partial charge in [0.25, 0.3) is 11.9 Å². The molecule has 0 saturated carbocycles. The van der Waals surface area contributed by atoms with Gasteiger partial charge in [0.1, 0.15) is 5.69 Å². The normalized spacial score (nSPS) is 12.2. The molecule has 0 unspecified atom stereocenters. The minimum atomic E-state index is -4.99. The fourth-order valence-electron chi connectivity index (χ4n) is 4.30. The molecule has 4 aromatic rings. The van der Waals surface area contributed by atoms with Crippen molar-refractivity contribution >= 4 is 22.8 Å². The van der Waals surface area contributed by atoms with Crippen molar-refractivity contribution in [2.75, 3.05) is 18.0 Å². The molecule has 39 heavy (non-hydrogen) atoms. The van der Waals surface area contributed by atoms with Crippen molar-refractivity contribution in [2.24, 2.45) is 7.05 Å². The molecule has 0 radical (unpaired) electrons. The molecular weight excluding hydrogens is 528 g/mol. The van der Waals surface area contributed by atoms with Crippen molar-refractivity contribution in [1.82, 2.24) is 29.7 Å². The molecule has 0 bridgehead atoms. The molecule has 2 heterocycles. The Morgan fingerprint density at radius 2 is 1.54 bits per heavy atom. The van der Waals surface area contributed by atoms with E-state index in [4.69, 9.17) is 0 Å². The summed E-state index contributed by atoms with van der Waals surface area (Å²) in [6.07, 6.45) is -9.99. The maximum atomic E-state index is 13.5. The quantitative estimate of drug-likeness (QED) is 0.275. The second kappa shape index (κ2) is 10.6. The topological polar surface area (TPSA) is 72.1 Å². The van der Waals surface area contributed by atoms with E-state index >= 15 is 0 Å². The number of para-hydroxylation sites is 1. The Morgan fingerprint density at radius 3 is 2.08 bits per heavy atom. The third-order valence-corrected chi connectivity index (χ3v) is 6.19. The predicted octanol–water partition coefficient (Wildman–Crippen LogP) is 5.35. The molecule has 0 aliphatic rings. The van der Waals surface area contributed by atoms with Gasteiger partial charge in [-0.15, -0.1) is 5.10 Å². The molecular formula is C25H25F6N7O. The van der Waals surface area contributed by atoms with Gasteiger partial charge in [-0.2, -0.15) is 31.1 Å². The van der Waals surface area contributed by atoms with Crippen molar-refractivity contribution in [3.05, 3.63) is 70.9 Å². The van der Waals surface area contributed by atoms with E-state index in [9.17, 15) is 31.1 Å². The highest BCUT2D eigenvalue weighted by molar-refractivity contribution is 5.98. The summed E-state index contributed by atoms with van der Waals surface area (Å²) in [6, 6.07) is 10.2. The van der Waals surface area contributed by atoms with Gasteiger partial charge < -0.3 is 14.4 Å². The molecule has 2 aromatic heterocycles. The lowest BCUT2D eigenvalue weighted by atomic mass is 10.0. The number of aromatic nitrogens is 5. The van der Waals surface area contributed by atoms with Crippen LogP contribution in [0.1, 0.15) is 41.0 Å². The minimum absolute atomic E-state index is 0.0394. The molecule has 0 fully saturated rings. The summed E-state index contributed by atoms with van der Waals surface area (Å²) in [5.41, 5.74) is -2.18. The van der Waals surface area contributed by atoms with Gasteiger partial charge in [0.2, 0.25) is 0 Å². The van der Waals surface area contributed by atoms with E-state index in [1.807, 2.05) is 13.8 Å². The van der Waals surface area contributed by atoms with Crippen LogP contribution in [-0.4, -0.2) is 48.7 Å². The highest BCUT2D eigenvalue weighted by Gasteiger charge is 2.37. The van der Waals surface area contributed by atoms with E-state index in [-0.39, 0.29) is 30.2 Å². The average Bonchev–Trinajstić information content (AvgIpc) is 3.47. The summed E-state index contributed by atoms with van der Waals surface area (Å²) in [5.74, 6) is -0.316. The Morgan fingerprint density at radius 1 is 0.923 bits per heavy atom. The molecule has 4 rings (SSSR count). The Labute approximate surface area is 219 Å². The van der Waals surface area contributed by atoms with Gasteiger partial charge in [0.05, 0.1) is 30.4 Å². The van der Waals surface area contributed by atoms with Gasteiger partial charge in [0, 0.05) is 25.0 Å². The molecule has 0 N–H and O–H groups in total. The standard InChI is InChI=1S/C25H25F6N7O/c1-4-36(5-2)22(39)21-12-17-8-6-7-9-20(17)38(21)15-37(23-32-34-35(3)33-23)14-16-10-18(24(26,27)28)13-19(11-16)25(29,30)31/h6-13H,4-5,14-15H2,1-3H3. The monoisotopic (exact) mass is 553 g/mol. The third-order valence-electron chi connectivity index (χ3n) is 6.19. The lowest BCUT2D eigenvalue weighted by Crippen LogP contribution is -2.34. The van der Waals surface area contributed by atoms with Gasteiger partial charge >= 0.3 is 12.4 Å². The number of carbonyl (C=O) groups is 1. The van der Waals surface area contributed by atoms with Crippen LogP contribution in [0.4, 0.5) is 32.3 Å². The number of amides is 1. The number of carbonyl (C=O) groups excluding carboxylic acids is 1. The van der Waals surface area contributed by atoms with E-state index in [0.29, 0.717) is 36.4 Å². The van der Waals surface area contributed by atoms with E-state index in [0.717, 1.165) is 10.2 Å². The number of alkyl halides is 6. The lowest BCUT2D eigenvalue weighted by molar-refractivity contribution is -0.143. The van der Waals surface area contributed by atoms with Crippen LogP contribution in [0.15, 0.2) is 48.5 Å². The van der Waals surface area contributed by atoms with Crippen LogP contribution < -0.4 is 4.90 Å². The number of hydrogen-bond acceptors (Lipinski definition) is 5. The van der Waals surface area contributed by atoms with Crippen molar-refractivity contribution < 1.29 is 31.1 Å². The van der Waals surface area contributed by atoms with Crippen molar-refractivity contribution in [2.45, 2.75) is 39.4 Å². The Kier molecular flexibility index (Phi) is 7.57. The number of anilines is 1. The van der Waals surface area contributed by atoms with Crippen molar-refractivity contribution in [1.29, 1.82) is 0 Å². The zero-order valence-corrected chi connectivity index (χ0v) is 21.3. The average molecular weight is 554 g/mol. The second-order valence-corrected chi connectivity index (χ2v) is 8.83. The van der Waals surface area contributed by atoms with Crippen LogP contribution in [0.25, 0.3) is 10.9 Å². The highest BCUT2D eigenvalue weighted by Crippen LogP contribution is 2.37. The first-order chi connectivity index (χ1) is 18.3. The maximum Gasteiger partial charge on any atom is 0.416 e. The summed E-state index contributed by atoms with van der Waals surface area (Å²) in [6.45, 7) is 3.96. The SMILES string of the molecule is CCN(CC)C(=O)c1cc2ccccc2n1CN(Cc1cc(C(F)(F)F)cc(C(F)(F)F)c1)c1nnn(C)n1. The number of halogens is 6. The van der Waals surface area contributed by atoms with Crippen molar-refractivity contribution in [3.63, 3.8) is 0 Å². The number of tetrazole rings is 1. The zero-order valence-electron chi connectivity index (χ0n) is 21.3. The molecule has 208 valence electrons. The maximum absolute atomic E-state index is 13.5. The summed E-state index contributed by atoms with van der Waals surface area (Å²) in [7, 11) is 1.47. The highest BCUT2D eigenvalue weighted by atomic mass is 19.4. The predicted molar refractivity (Wildman–Crippen MR) is 131 cm³/mol. The lowest BCUT2D eigenvalue weighted by Gasteiger charge is -2.26. The third kappa shape index (κ3) is 5.99. The minimum Gasteiger partial charge on any atom is -0.338 e. The van der Waals surface area contributed by atoms with Crippen LogP contribution in [0.5, 0.6) is 0 Å². The van der Waals surface area contributed by atoms with E-state index in [2.05, 4.69) is 15.4 Å². The second-order valence-electron chi connectivity index (χ2n) is 8.83. The van der Waals surface area contributed by atoms with Gasteiger partial charge in [-0.25, -0.2) is 0 Å². The molecule has 0 spiro atoms. The van der Waals surface area contributed by atoms with Crippen LogP contribution in [-0.2, 0) is 32.6 Å². The summed E-state index contributed by atoms with van der Waals surface area (Å²) >= 11 is 0. The molecule has 0 atom stereocenters. The van der Waals surface area contributed by atoms with Crippen LogP contribution in [0.3, 0.4) is 0 Å². The fourth-order valence-corrected chi connectivity index (χ4v) is 4.30. The molecule has 8 nitrogen and oxygen atoms in total. The van der Waals surface area contributed by atoms with E-state index < -0.39 is 30.0 Å². The van der Waals surface area contributed by atoms with Gasteiger partial charge in [0.15, 0.2) is 0 Å². The van der Waals surface area contributed by atoms with Gasteiger partial charge in [-0.05, 0) is 55.0 Å². The first kappa shape index (κ1) is 27.9. The molecule has 14 heteroatoms. The van der Waals surface area contributed by atoms with Crippen LogP contribution >= 0.6 is 0 Å². The Balaban J connectivity index is 1.83. The number of rotatable bonds is 8. The molecule has 1 amide bonds. The first-order valence-electron chi connectivity index (χ1n) is 12.0. The number of nitrogens with zero attached hydrogens (tertiary/aromatic N) is 7. The van der Waals surface area contributed by atoms with Crippen LogP contribution in [0, 0.1) is 0 Å². The first-order valence-corrected chi connectivity index (χ1v) is 12.0. The van der Waals surface area contributed by atoms with Gasteiger partial charge in [-0.3, -0.25) is 4.79 Å². The summed E-state index contributed by atoms with van der Waals surface area (Å²) in [4.78, 5) is 17.5. The zero-order chi connectivity index (χ0) is 28.5.